The lowest BCUT2D eigenvalue weighted by Gasteiger charge is -2.09. The second-order valence-corrected chi connectivity index (χ2v) is 4.17. The molecule has 1 amide bonds. The van der Waals surface area contributed by atoms with Crippen molar-refractivity contribution in [2.24, 2.45) is 7.05 Å². The fourth-order valence-electron chi connectivity index (χ4n) is 1.99. The normalized spacial score (nSPS) is 12.6. The molecular weight excluding hydrogens is 216 g/mol. The van der Waals surface area contributed by atoms with Crippen molar-refractivity contribution in [3.05, 3.63) is 36.0 Å². The van der Waals surface area contributed by atoms with Gasteiger partial charge in [-0.2, -0.15) is 0 Å². The lowest BCUT2D eigenvalue weighted by atomic mass is 10.1. The molecule has 90 valence electrons. The van der Waals surface area contributed by atoms with Crippen LogP contribution in [0.2, 0.25) is 0 Å². The molecule has 2 rings (SSSR count). The Morgan fingerprint density at radius 2 is 2.18 bits per heavy atom. The van der Waals surface area contributed by atoms with Crippen LogP contribution in [0.4, 0.5) is 0 Å². The predicted molar refractivity (Wildman–Crippen MR) is 66.6 cm³/mol. The summed E-state index contributed by atoms with van der Waals surface area (Å²) in [5.74, 6) is -0.135. The van der Waals surface area contributed by atoms with Gasteiger partial charge in [0.1, 0.15) is 0 Å². The minimum atomic E-state index is -0.676. The molecule has 1 aromatic carbocycles. The number of hydrogen-bond acceptors (Lipinski definition) is 2. The van der Waals surface area contributed by atoms with Crippen molar-refractivity contribution >= 4 is 16.8 Å². The summed E-state index contributed by atoms with van der Waals surface area (Å²) >= 11 is 0. The largest absolute Gasteiger partial charge is 0.386 e. The number of aliphatic hydroxyl groups excluding tert-OH is 1. The maximum Gasteiger partial charge on any atom is 0.216 e. The summed E-state index contributed by atoms with van der Waals surface area (Å²) < 4.78 is 1.97. The molecule has 4 heteroatoms. The van der Waals surface area contributed by atoms with Crippen molar-refractivity contribution in [3.8, 4) is 0 Å². The van der Waals surface area contributed by atoms with Crippen molar-refractivity contribution in [2.75, 3.05) is 6.54 Å². The molecule has 0 spiro atoms. The van der Waals surface area contributed by atoms with E-state index in [1.165, 1.54) is 6.92 Å². The SMILES string of the molecule is CC(=O)NCC(O)c1cn(C)c2ccccc12. The van der Waals surface area contributed by atoms with Crippen LogP contribution in [0.25, 0.3) is 10.9 Å². The predicted octanol–water partition coefficient (Wildman–Crippen LogP) is 1.35. The standard InChI is InChI=1S/C13H16N2O2/c1-9(16)14-7-13(17)11-8-15(2)12-6-4-3-5-10(11)12/h3-6,8,13,17H,7H2,1-2H3,(H,14,16). The van der Waals surface area contributed by atoms with Crippen LogP contribution < -0.4 is 5.32 Å². The maximum absolute atomic E-state index is 10.8. The van der Waals surface area contributed by atoms with Crippen molar-refractivity contribution in [1.29, 1.82) is 0 Å². The quantitative estimate of drug-likeness (QED) is 0.839. The van der Waals surface area contributed by atoms with Gasteiger partial charge < -0.3 is 15.0 Å². The van der Waals surface area contributed by atoms with Crippen molar-refractivity contribution < 1.29 is 9.90 Å². The summed E-state index contributed by atoms with van der Waals surface area (Å²) in [5.41, 5.74) is 1.92. The average Bonchev–Trinajstić information content (AvgIpc) is 2.65. The van der Waals surface area contributed by atoms with Gasteiger partial charge in [-0.1, -0.05) is 18.2 Å². The fraction of sp³-hybridized carbons (Fsp3) is 0.308. The molecule has 1 heterocycles. The molecule has 1 atom stereocenters. The van der Waals surface area contributed by atoms with E-state index in [-0.39, 0.29) is 12.5 Å². The fourth-order valence-corrected chi connectivity index (χ4v) is 1.99. The first-order chi connectivity index (χ1) is 8.09. The number of amides is 1. The van der Waals surface area contributed by atoms with E-state index in [2.05, 4.69) is 5.32 Å². The van der Waals surface area contributed by atoms with Gasteiger partial charge in [0, 0.05) is 43.2 Å². The van der Waals surface area contributed by atoms with Crippen molar-refractivity contribution in [1.82, 2.24) is 9.88 Å². The highest BCUT2D eigenvalue weighted by molar-refractivity contribution is 5.84. The molecule has 0 saturated carbocycles. The second kappa shape index (κ2) is 4.59. The maximum atomic E-state index is 10.8. The zero-order valence-corrected chi connectivity index (χ0v) is 9.97. The van der Waals surface area contributed by atoms with Crippen molar-refractivity contribution in [2.45, 2.75) is 13.0 Å². The van der Waals surface area contributed by atoms with Crippen LogP contribution in [0.1, 0.15) is 18.6 Å². The van der Waals surface area contributed by atoms with Crippen LogP contribution >= 0.6 is 0 Å². The van der Waals surface area contributed by atoms with Gasteiger partial charge in [-0.15, -0.1) is 0 Å². The Kier molecular flexibility index (Phi) is 3.15. The first-order valence-electron chi connectivity index (χ1n) is 5.56. The van der Waals surface area contributed by atoms with E-state index in [1.54, 1.807) is 0 Å². The zero-order valence-electron chi connectivity index (χ0n) is 9.97. The molecule has 0 aliphatic carbocycles. The van der Waals surface area contributed by atoms with Gasteiger partial charge in [0.2, 0.25) is 5.91 Å². The summed E-state index contributed by atoms with van der Waals surface area (Å²) in [6.45, 7) is 1.68. The van der Waals surface area contributed by atoms with E-state index >= 15 is 0 Å². The van der Waals surface area contributed by atoms with Crippen LogP contribution in [0.3, 0.4) is 0 Å². The van der Waals surface area contributed by atoms with E-state index < -0.39 is 6.10 Å². The lowest BCUT2D eigenvalue weighted by Crippen LogP contribution is -2.25. The number of benzene rings is 1. The second-order valence-electron chi connectivity index (χ2n) is 4.17. The summed E-state index contributed by atoms with van der Waals surface area (Å²) in [6, 6.07) is 7.88. The number of aryl methyl sites for hydroxylation is 1. The summed E-state index contributed by atoms with van der Waals surface area (Å²) in [4.78, 5) is 10.8. The highest BCUT2D eigenvalue weighted by Crippen LogP contribution is 2.25. The molecule has 0 saturated heterocycles. The first kappa shape index (κ1) is 11.7. The number of rotatable bonds is 3. The molecule has 1 unspecified atom stereocenters. The smallest absolute Gasteiger partial charge is 0.216 e. The van der Waals surface area contributed by atoms with E-state index in [0.29, 0.717) is 0 Å². The molecule has 1 aromatic heterocycles. The topological polar surface area (TPSA) is 54.3 Å². The number of nitrogens with zero attached hydrogens (tertiary/aromatic N) is 1. The highest BCUT2D eigenvalue weighted by atomic mass is 16.3. The van der Waals surface area contributed by atoms with E-state index in [0.717, 1.165) is 16.5 Å². The molecule has 17 heavy (non-hydrogen) atoms. The molecule has 2 aromatic rings. The molecule has 0 bridgehead atoms. The summed E-state index contributed by atoms with van der Waals surface area (Å²) in [6.07, 6.45) is 1.22. The monoisotopic (exact) mass is 232 g/mol. The molecular formula is C13H16N2O2. The summed E-state index contributed by atoms with van der Waals surface area (Å²) in [5, 5.41) is 13.7. The van der Waals surface area contributed by atoms with Crippen LogP contribution in [0, 0.1) is 0 Å². The Labute approximate surface area is 99.9 Å². The third-order valence-electron chi connectivity index (χ3n) is 2.83. The number of hydrogen-bond donors (Lipinski definition) is 2. The van der Waals surface area contributed by atoms with E-state index in [1.807, 2.05) is 42.1 Å². The van der Waals surface area contributed by atoms with Gasteiger partial charge in [0.15, 0.2) is 0 Å². The number of aliphatic hydroxyl groups is 1. The number of nitrogens with one attached hydrogen (secondary N) is 1. The highest BCUT2D eigenvalue weighted by Gasteiger charge is 2.14. The number of aromatic nitrogens is 1. The van der Waals surface area contributed by atoms with Gasteiger partial charge in [-0.25, -0.2) is 0 Å². The minimum absolute atomic E-state index is 0.135. The van der Waals surface area contributed by atoms with Crippen LogP contribution in [-0.2, 0) is 11.8 Å². The van der Waals surface area contributed by atoms with E-state index in [9.17, 15) is 9.90 Å². The van der Waals surface area contributed by atoms with Gasteiger partial charge in [-0.3, -0.25) is 4.79 Å². The molecule has 2 N–H and O–H groups in total. The molecule has 0 aliphatic heterocycles. The van der Waals surface area contributed by atoms with Crippen LogP contribution in [-0.4, -0.2) is 22.1 Å². The molecule has 0 aliphatic rings. The molecule has 4 nitrogen and oxygen atoms in total. The number of carbonyl (C=O) groups excluding carboxylic acids is 1. The molecule has 0 radical (unpaired) electrons. The average molecular weight is 232 g/mol. The lowest BCUT2D eigenvalue weighted by molar-refractivity contribution is -0.119. The van der Waals surface area contributed by atoms with E-state index in [4.69, 9.17) is 0 Å². The van der Waals surface area contributed by atoms with Gasteiger partial charge in [0.05, 0.1) is 6.10 Å². The Morgan fingerprint density at radius 3 is 2.88 bits per heavy atom. The number of carbonyl (C=O) groups is 1. The van der Waals surface area contributed by atoms with Crippen molar-refractivity contribution in [3.63, 3.8) is 0 Å². The molecule has 0 fully saturated rings. The van der Waals surface area contributed by atoms with Crippen LogP contribution in [0.5, 0.6) is 0 Å². The number of para-hydroxylation sites is 1. The van der Waals surface area contributed by atoms with Gasteiger partial charge in [0.25, 0.3) is 0 Å². The Morgan fingerprint density at radius 1 is 1.47 bits per heavy atom. The Bertz CT molecular complexity index is 545. The summed E-state index contributed by atoms with van der Waals surface area (Å²) in [7, 11) is 1.94. The zero-order chi connectivity index (χ0) is 12.4. The van der Waals surface area contributed by atoms with Gasteiger partial charge >= 0.3 is 0 Å². The Balaban J connectivity index is 2.32. The Hall–Kier alpha value is -1.81. The van der Waals surface area contributed by atoms with Gasteiger partial charge in [-0.05, 0) is 6.07 Å². The van der Waals surface area contributed by atoms with Crippen LogP contribution in [0.15, 0.2) is 30.5 Å². The minimum Gasteiger partial charge on any atom is -0.386 e. The first-order valence-corrected chi connectivity index (χ1v) is 5.56. The third-order valence-corrected chi connectivity index (χ3v) is 2.83. The number of fused-ring (bicyclic) bond motifs is 1. The third kappa shape index (κ3) is 2.31.